The molecule has 0 aromatic heterocycles. The van der Waals surface area contributed by atoms with Crippen LogP contribution in [0, 0.1) is 6.92 Å². The first-order chi connectivity index (χ1) is 16.9. The average molecular weight is 496 g/mol. The molecule has 0 radical (unpaired) electrons. The van der Waals surface area contributed by atoms with Gasteiger partial charge in [-0.15, -0.1) is 0 Å². The molecule has 196 valence electrons. The summed E-state index contributed by atoms with van der Waals surface area (Å²) in [4.78, 5) is 27.4. The van der Waals surface area contributed by atoms with Gasteiger partial charge >= 0.3 is 12.0 Å². The summed E-state index contributed by atoms with van der Waals surface area (Å²) in [6.45, 7) is 10.8. The SMILES string of the molecule is CCN(c1ccc(C(C)(C)CC(=O)OC)cc1NC(=O)Nc1ccc(C)cc1)C1CCC(C)(O)CC1. The Labute approximate surface area is 215 Å². The van der Waals surface area contributed by atoms with Gasteiger partial charge < -0.3 is 25.4 Å². The second kappa shape index (κ2) is 11.3. The van der Waals surface area contributed by atoms with E-state index in [1.54, 1.807) is 0 Å². The van der Waals surface area contributed by atoms with Crippen LogP contribution in [0.5, 0.6) is 0 Å². The van der Waals surface area contributed by atoms with E-state index in [1.165, 1.54) is 7.11 Å². The first-order valence-corrected chi connectivity index (χ1v) is 12.8. The van der Waals surface area contributed by atoms with Crippen LogP contribution in [0.3, 0.4) is 0 Å². The molecule has 1 saturated carbocycles. The van der Waals surface area contributed by atoms with E-state index < -0.39 is 11.0 Å². The number of anilines is 3. The Hall–Kier alpha value is -3.06. The molecule has 0 unspecified atom stereocenters. The zero-order chi connectivity index (χ0) is 26.5. The van der Waals surface area contributed by atoms with Crippen LogP contribution in [0.1, 0.15) is 70.9 Å². The van der Waals surface area contributed by atoms with Crippen molar-refractivity contribution in [1.82, 2.24) is 0 Å². The van der Waals surface area contributed by atoms with Crippen molar-refractivity contribution < 1.29 is 19.4 Å². The summed E-state index contributed by atoms with van der Waals surface area (Å²) in [5, 5.41) is 16.4. The highest BCUT2D eigenvalue weighted by molar-refractivity contribution is 6.02. The first-order valence-electron chi connectivity index (χ1n) is 12.8. The number of esters is 1. The summed E-state index contributed by atoms with van der Waals surface area (Å²) in [6.07, 6.45) is 3.48. The molecule has 0 spiro atoms. The largest absolute Gasteiger partial charge is 0.469 e. The fraction of sp³-hybridized carbons (Fsp3) is 0.517. The zero-order valence-electron chi connectivity index (χ0n) is 22.5. The number of urea groups is 1. The number of nitrogens with zero attached hydrogens (tertiary/aromatic N) is 1. The van der Waals surface area contributed by atoms with Crippen LogP contribution >= 0.6 is 0 Å². The number of methoxy groups -OCH3 is 1. The number of carbonyl (C=O) groups excluding carboxylic acids is 2. The molecule has 1 aliphatic carbocycles. The second-order valence-corrected chi connectivity index (χ2v) is 10.8. The van der Waals surface area contributed by atoms with Crippen LogP contribution in [0.15, 0.2) is 42.5 Å². The van der Waals surface area contributed by atoms with Gasteiger partial charge in [0.25, 0.3) is 0 Å². The molecule has 2 amide bonds. The van der Waals surface area contributed by atoms with E-state index in [0.717, 1.165) is 49.0 Å². The fourth-order valence-electron chi connectivity index (χ4n) is 4.93. The number of benzene rings is 2. The van der Waals surface area contributed by atoms with Gasteiger partial charge in [-0.25, -0.2) is 4.79 Å². The van der Waals surface area contributed by atoms with E-state index in [1.807, 2.05) is 70.2 Å². The van der Waals surface area contributed by atoms with Gasteiger partial charge in [-0.05, 0) is 76.3 Å². The summed E-state index contributed by atoms with van der Waals surface area (Å²) in [7, 11) is 1.39. The van der Waals surface area contributed by atoms with Crippen LogP contribution in [0.4, 0.5) is 21.9 Å². The number of nitrogens with one attached hydrogen (secondary N) is 2. The Balaban J connectivity index is 1.93. The molecule has 7 heteroatoms. The zero-order valence-corrected chi connectivity index (χ0v) is 22.5. The average Bonchev–Trinajstić information content (AvgIpc) is 2.82. The van der Waals surface area contributed by atoms with E-state index in [2.05, 4.69) is 22.5 Å². The molecule has 2 aromatic carbocycles. The third-order valence-electron chi connectivity index (χ3n) is 7.27. The number of amides is 2. The lowest BCUT2D eigenvalue weighted by Gasteiger charge is -2.41. The van der Waals surface area contributed by atoms with Gasteiger partial charge in [0.2, 0.25) is 0 Å². The molecule has 0 heterocycles. The fourth-order valence-corrected chi connectivity index (χ4v) is 4.93. The third-order valence-corrected chi connectivity index (χ3v) is 7.27. The van der Waals surface area contributed by atoms with Crippen LogP contribution in [0.25, 0.3) is 0 Å². The van der Waals surface area contributed by atoms with E-state index in [9.17, 15) is 14.7 Å². The van der Waals surface area contributed by atoms with E-state index in [-0.39, 0.29) is 24.5 Å². The molecule has 1 fully saturated rings. The van der Waals surface area contributed by atoms with Gasteiger partial charge in [0.15, 0.2) is 0 Å². The highest BCUT2D eigenvalue weighted by atomic mass is 16.5. The molecule has 0 atom stereocenters. The molecule has 2 aromatic rings. The number of aryl methyl sites for hydroxylation is 1. The molecule has 3 N–H and O–H groups in total. The van der Waals surface area contributed by atoms with Gasteiger partial charge in [0, 0.05) is 23.7 Å². The molecular formula is C29H41N3O4. The molecule has 3 rings (SSSR count). The molecule has 0 saturated heterocycles. The Morgan fingerprint density at radius 3 is 2.33 bits per heavy atom. The van der Waals surface area contributed by atoms with Crippen LogP contribution in [-0.4, -0.2) is 42.4 Å². The summed E-state index contributed by atoms with van der Waals surface area (Å²) in [6, 6.07) is 13.6. The maximum absolute atomic E-state index is 13.0. The van der Waals surface area contributed by atoms with Crippen LogP contribution < -0.4 is 15.5 Å². The minimum Gasteiger partial charge on any atom is -0.469 e. The standard InChI is InChI=1S/C29H41N3O4/c1-7-32(23-14-16-29(5,35)17-15-23)25-13-10-21(28(3,4)19-26(33)36-6)18-24(25)31-27(34)30-22-11-8-20(2)9-12-22/h8-13,18,23,35H,7,14-17,19H2,1-6H3,(H2,30,31,34). The molecule has 7 nitrogen and oxygen atoms in total. The number of hydrogen-bond acceptors (Lipinski definition) is 5. The van der Waals surface area contributed by atoms with Crippen molar-refractivity contribution in [3.63, 3.8) is 0 Å². The Morgan fingerprint density at radius 1 is 1.11 bits per heavy atom. The van der Waals surface area contributed by atoms with Crippen LogP contribution in [0.2, 0.25) is 0 Å². The van der Waals surface area contributed by atoms with Gasteiger partial charge in [-0.2, -0.15) is 0 Å². The van der Waals surface area contributed by atoms with Crippen LogP contribution in [-0.2, 0) is 14.9 Å². The Kier molecular flexibility index (Phi) is 8.67. The maximum atomic E-state index is 13.0. The van der Waals surface area contributed by atoms with Gasteiger partial charge in [-0.3, -0.25) is 4.79 Å². The molecule has 0 aliphatic heterocycles. The second-order valence-electron chi connectivity index (χ2n) is 10.8. The van der Waals surface area contributed by atoms with Gasteiger partial charge in [0.05, 0.1) is 30.5 Å². The first kappa shape index (κ1) is 27.5. The van der Waals surface area contributed by atoms with E-state index in [4.69, 9.17) is 4.74 Å². The highest BCUT2D eigenvalue weighted by Crippen LogP contribution is 2.38. The van der Waals surface area contributed by atoms with Crippen molar-refractivity contribution in [2.45, 2.75) is 83.8 Å². The normalized spacial score (nSPS) is 19.9. The Bertz CT molecular complexity index is 1050. The number of aliphatic hydroxyl groups is 1. The summed E-state index contributed by atoms with van der Waals surface area (Å²) >= 11 is 0. The highest BCUT2D eigenvalue weighted by Gasteiger charge is 2.33. The topological polar surface area (TPSA) is 90.9 Å². The van der Waals surface area contributed by atoms with Crippen molar-refractivity contribution in [2.75, 3.05) is 29.2 Å². The molecule has 36 heavy (non-hydrogen) atoms. The van der Waals surface area contributed by atoms with Crippen molar-refractivity contribution in [3.8, 4) is 0 Å². The van der Waals surface area contributed by atoms with Crippen molar-refractivity contribution in [1.29, 1.82) is 0 Å². The van der Waals surface area contributed by atoms with Crippen molar-refractivity contribution in [2.24, 2.45) is 0 Å². The smallest absolute Gasteiger partial charge is 0.323 e. The lowest BCUT2D eigenvalue weighted by atomic mass is 9.80. The minimum atomic E-state index is -0.618. The van der Waals surface area contributed by atoms with Crippen molar-refractivity contribution in [3.05, 3.63) is 53.6 Å². The lowest BCUT2D eigenvalue weighted by molar-refractivity contribution is -0.141. The number of rotatable bonds is 8. The number of carbonyl (C=O) groups is 2. The van der Waals surface area contributed by atoms with Crippen molar-refractivity contribution >= 4 is 29.1 Å². The monoisotopic (exact) mass is 495 g/mol. The molecule has 0 bridgehead atoms. The number of ether oxygens (including phenoxy) is 1. The predicted molar refractivity (Wildman–Crippen MR) is 146 cm³/mol. The lowest BCUT2D eigenvalue weighted by Crippen LogP contribution is -2.43. The molecule has 1 aliphatic rings. The summed E-state index contributed by atoms with van der Waals surface area (Å²) in [5.74, 6) is -0.278. The summed E-state index contributed by atoms with van der Waals surface area (Å²) in [5.41, 5.74) is 3.29. The minimum absolute atomic E-state index is 0.229. The quantitative estimate of drug-likeness (QED) is 0.391. The number of hydrogen-bond donors (Lipinski definition) is 3. The Morgan fingerprint density at radius 2 is 1.75 bits per heavy atom. The molecular weight excluding hydrogens is 454 g/mol. The third kappa shape index (κ3) is 7.00. The summed E-state index contributed by atoms with van der Waals surface area (Å²) < 4.78 is 4.91. The maximum Gasteiger partial charge on any atom is 0.323 e. The van der Waals surface area contributed by atoms with Gasteiger partial charge in [0.1, 0.15) is 0 Å². The van der Waals surface area contributed by atoms with E-state index >= 15 is 0 Å². The van der Waals surface area contributed by atoms with Gasteiger partial charge in [-0.1, -0.05) is 37.6 Å². The predicted octanol–water partition coefficient (Wildman–Crippen LogP) is 6.00. The van der Waals surface area contributed by atoms with E-state index in [0.29, 0.717) is 11.4 Å².